The number of carbonyl (C=O) groups excluding carboxylic acids is 2. The summed E-state index contributed by atoms with van der Waals surface area (Å²) in [5, 5.41) is 0.424. The van der Waals surface area contributed by atoms with Crippen molar-refractivity contribution in [3.8, 4) is 5.69 Å². The summed E-state index contributed by atoms with van der Waals surface area (Å²) in [5.74, 6) is -1.01. The minimum atomic E-state index is -0.765. The third-order valence-electron chi connectivity index (χ3n) is 6.57. The third kappa shape index (κ3) is 4.38. The first-order valence-electron chi connectivity index (χ1n) is 12.1. The molecule has 198 valence electrons. The lowest BCUT2D eigenvalue weighted by Gasteiger charge is -2.34. The molecule has 1 unspecified atom stereocenters. The summed E-state index contributed by atoms with van der Waals surface area (Å²) in [6, 6.07) is 5.35. The van der Waals surface area contributed by atoms with Crippen LogP contribution in [-0.2, 0) is 11.3 Å². The van der Waals surface area contributed by atoms with Crippen LogP contribution >= 0.6 is 11.6 Å². The van der Waals surface area contributed by atoms with E-state index in [9.17, 15) is 18.8 Å². The fraction of sp³-hybridized carbons (Fsp3) is 0.333. The van der Waals surface area contributed by atoms with Crippen LogP contribution in [0.1, 0.15) is 55.5 Å². The Hall–Kier alpha value is -3.92. The molecule has 4 heterocycles. The number of aryl methyl sites for hydroxylation is 1. The Morgan fingerprint density at radius 3 is 2.55 bits per heavy atom. The molecule has 9 nitrogen and oxygen atoms in total. The molecule has 1 aliphatic heterocycles. The molecule has 0 spiro atoms. The number of pyridine rings is 1. The quantitative estimate of drug-likeness (QED) is 0.362. The van der Waals surface area contributed by atoms with Crippen LogP contribution < -0.4 is 5.56 Å². The van der Waals surface area contributed by atoms with Gasteiger partial charge in [-0.2, -0.15) is 0 Å². The van der Waals surface area contributed by atoms with E-state index in [1.165, 1.54) is 21.3 Å². The maximum absolute atomic E-state index is 14.4. The van der Waals surface area contributed by atoms with Gasteiger partial charge in [-0.15, -0.1) is 0 Å². The standard InChI is InChI=1S/C27H27ClFN5O4/c1-15-12-31(14-30-15)21-6-7-22-25(36)32(8-9-33(22)24(21)35)16(2)18-13-34(26(37)38-27(3,4)5)23-11-20(29)19(28)10-17(18)23/h6-7,10-14,16H,8-9H2,1-5H3. The van der Waals surface area contributed by atoms with E-state index in [1.807, 2.05) is 13.8 Å². The summed E-state index contributed by atoms with van der Waals surface area (Å²) < 4.78 is 24.3. The highest BCUT2D eigenvalue weighted by molar-refractivity contribution is 6.31. The van der Waals surface area contributed by atoms with Crippen LogP contribution in [0.2, 0.25) is 5.02 Å². The Bertz CT molecular complexity index is 1660. The van der Waals surface area contributed by atoms with E-state index in [4.69, 9.17) is 16.3 Å². The third-order valence-corrected chi connectivity index (χ3v) is 6.86. The summed E-state index contributed by atoms with van der Waals surface area (Å²) in [7, 11) is 0. The number of carbonyl (C=O) groups is 2. The maximum Gasteiger partial charge on any atom is 0.419 e. The Balaban J connectivity index is 1.54. The van der Waals surface area contributed by atoms with Crippen LogP contribution in [0.3, 0.4) is 0 Å². The lowest BCUT2D eigenvalue weighted by molar-refractivity contribution is 0.0544. The van der Waals surface area contributed by atoms with E-state index in [0.29, 0.717) is 16.6 Å². The highest BCUT2D eigenvalue weighted by Gasteiger charge is 2.32. The molecule has 1 amide bonds. The Labute approximate surface area is 223 Å². The van der Waals surface area contributed by atoms with Crippen LogP contribution in [0, 0.1) is 12.7 Å². The van der Waals surface area contributed by atoms with Crippen molar-refractivity contribution >= 4 is 34.5 Å². The van der Waals surface area contributed by atoms with Crippen LogP contribution in [0.15, 0.2) is 47.8 Å². The second-order valence-corrected chi connectivity index (χ2v) is 10.8. The van der Waals surface area contributed by atoms with Gasteiger partial charge in [0, 0.05) is 42.5 Å². The number of fused-ring (bicyclic) bond motifs is 2. The molecule has 0 N–H and O–H groups in total. The fourth-order valence-corrected chi connectivity index (χ4v) is 4.92. The van der Waals surface area contributed by atoms with Crippen molar-refractivity contribution in [3.63, 3.8) is 0 Å². The van der Waals surface area contributed by atoms with E-state index in [2.05, 4.69) is 4.98 Å². The van der Waals surface area contributed by atoms with Gasteiger partial charge in [0.1, 0.15) is 22.8 Å². The number of nitrogens with zero attached hydrogens (tertiary/aromatic N) is 5. The summed E-state index contributed by atoms with van der Waals surface area (Å²) >= 11 is 6.10. The number of benzene rings is 1. The number of hydrogen-bond donors (Lipinski definition) is 0. The Morgan fingerprint density at radius 1 is 1.16 bits per heavy atom. The maximum atomic E-state index is 14.4. The summed E-state index contributed by atoms with van der Waals surface area (Å²) in [6.07, 6.45) is 4.19. The predicted molar refractivity (Wildman–Crippen MR) is 141 cm³/mol. The van der Waals surface area contributed by atoms with Gasteiger partial charge in [0.25, 0.3) is 11.5 Å². The van der Waals surface area contributed by atoms with Gasteiger partial charge in [0.05, 0.1) is 28.6 Å². The van der Waals surface area contributed by atoms with E-state index in [-0.39, 0.29) is 40.8 Å². The summed E-state index contributed by atoms with van der Waals surface area (Å²) in [4.78, 5) is 45.5. The zero-order valence-corrected chi connectivity index (χ0v) is 22.4. The average Bonchev–Trinajstić information content (AvgIpc) is 3.42. The second-order valence-electron chi connectivity index (χ2n) is 10.4. The zero-order valence-electron chi connectivity index (χ0n) is 21.7. The van der Waals surface area contributed by atoms with Crippen LogP contribution in [-0.4, -0.2) is 47.7 Å². The molecule has 38 heavy (non-hydrogen) atoms. The summed E-state index contributed by atoms with van der Waals surface area (Å²) in [5.41, 5.74) is 1.26. The number of ether oxygens (including phenoxy) is 1. The molecule has 0 bridgehead atoms. The normalized spacial score (nSPS) is 14.6. The van der Waals surface area contributed by atoms with Crippen molar-refractivity contribution in [2.45, 2.75) is 52.8 Å². The predicted octanol–water partition coefficient (Wildman–Crippen LogP) is 5.09. The topological polar surface area (TPSA) is 91.4 Å². The van der Waals surface area contributed by atoms with Crippen LogP contribution in [0.25, 0.3) is 16.6 Å². The van der Waals surface area contributed by atoms with Gasteiger partial charge in [0.15, 0.2) is 0 Å². The first-order valence-corrected chi connectivity index (χ1v) is 12.5. The van der Waals surface area contributed by atoms with Crippen molar-refractivity contribution in [3.05, 3.63) is 81.1 Å². The molecule has 11 heteroatoms. The molecule has 5 rings (SSSR count). The fourth-order valence-electron chi connectivity index (χ4n) is 4.76. The number of aromatic nitrogens is 4. The lowest BCUT2D eigenvalue weighted by Crippen LogP contribution is -2.45. The molecular formula is C27H27ClFN5O4. The van der Waals surface area contributed by atoms with Crippen LogP contribution in [0.5, 0.6) is 0 Å². The smallest absolute Gasteiger partial charge is 0.419 e. The highest BCUT2D eigenvalue weighted by atomic mass is 35.5. The number of halogens is 2. The zero-order chi connectivity index (χ0) is 27.5. The van der Waals surface area contributed by atoms with Crippen molar-refractivity contribution in [2.24, 2.45) is 0 Å². The lowest BCUT2D eigenvalue weighted by atomic mass is 10.0. The number of hydrogen-bond acceptors (Lipinski definition) is 5. The molecule has 0 saturated carbocycles. The minimum Gasteiger partial charge on any atom is -0.443 e. The minimum absolute atomic E-state index is 0.1000. The largest absolute Gasteiger partial charge is 0.443 e. The molecule has 1 aliphatic rings. The van der Waals surface area contributed by atoms with Gasteiger partial charge in [-0.25, -0.2) is 14.2 Å². The highest BCUT2D eigenvalue weighted by Crippen LogP contribution is 2.35. The molecule has 0 saturated heterocycles. The Morgan fingerprint density at radius 2 is 1.89 bits per heavy atom. The van der Waals surface area contributed by atoms with Crippen molar-refractivity contribution in [2.75, 3.05) is 6.54 Å². The van der Waals surface area contributed by atoms with E-state index in [0.717, 1.165) is 5.69 Å². The number of imidazole rings is 1. The van der Waals surface area contributed by atoms with E-state index in [1.54, 1.807) is 61.1 Å². The van der Waals surface area contributed by atoms with Crippen molar-refractivity contribution in [1.29, 1.82) is 0 Å². The Kier molecular flexibility index (Phi) is 6.18. The summed E-state index contributed by atoms with van der Waals surface area (Å²) in [6.45, 7) is 9.41. The molecular weight excluding hydrogens is 513 g/mol. The molecule has 0 aliphatic carbocycles. The second kappa shape index (κ2) is 9.13. The van der Waals surface area contributed by atoms with Gasteiger partial charge in [-0.05, 0) is 52.8 Å². The van der Waals surface area contributed by atoms with Crippen molar-refractivity contribution in [1.82, 2.24) is 23.6 Å². The molecule has 4 aromatic rings. The van der Waals surface area contributed by atoms with Gasteiger partial charge < -0.3 is 18.8 Å². The van der Waals surface area contributed by atoms with Gasteiger partial charge in [-0.3, -0.25) is 14.2 Å². The van der Waals surface area contributed by atoms with E-state index < -0.39 is 23.6 Å². The monoisotopic (exact) mass is 539 g/mol. The first-order chi connectivity index (χ1) is 17.9. The van der Waals surface area contributed by atoms with Gasteiger partial charge in [-0.1, -0.05) is 11.6 Å². The first kappa shape index (κ1) is 25.7. The van der Waals surface area contributed by atoms with E-state index >= 15 is 0 Å². The molecule has 1 atom stereocenters. The number of rotatable bonds is 3. The molecule has 0 radical (unpaired) electrons. The molecule has 0 fully saturated rings. The average molecular weight is 540 g/mol. The van der Waals surface area contributed by atoms with Crippen LogP contribution in [0.4, 0.5) is 9.18 Å². The van der Waals surface area contributed by atoms with Gasteiger partial charge >= 0.3 is 6.09 Å². The molecule has 1 aromatic carbocycles. The van der Waals surface area contributed by atoms with Gasteiger partial charge in [0.2, 0.25) is 0 Å². The number of amides is 1. The van der Waals surface area contributed by atoms with Crippen molar-refractivity contribution < 1.29 is 18.7 Å². The SMILES string of the molecule is Cc1cn(-c2ccc3n(c2=O)CCN(C(C)c2cn(C(=O)OC(C)(C)C)c4cc(F)c(Cl)cc24)C3=O)cn1. The molecule has 3 aromatic heterocycles.